The smallest absolute Gasteiger partial charge is 0.226 e. The van der Waals surface area contributed by atoms with E-state index < -0.39 is 9.84 Å². The van der Waals surface area contributed by atoms with Gasteiger partial charge in [-0.25, -0.2) is 13.4 Å². The standard InChI is InChI=1S/C21H18N2O4S/c1-26-15-8-6-14(7-9-15)20-21(28(24,25)19-5-3-4-12-22-19)17-11-10-16(27-2)13-18(17)23-20/h3-13,23H,1-2H3. The van der Waals surface area contributed by atoms with Crippen molar-refractivity contribution in [3.63, 3.8) is 0 Å². The first-order valence-corrected chi connectivity index (χ1v) is 10.0. The van der Waals surface area contributed by atoms with E-state index in [-0.39, 0.29) is 9.92 Å². The van der Waals surface area contributed by atoms with Crippen molar-refractivity contribution in [2.45, 2.75) is 9.92 Å². The number of hydrogen-bond acceptors (Lipinski definition) is 5. The van der Waals surface area contributed by atoms with Crippen LogP contribution in [-0.4, -0.2) is 32.6 Å². The van der Waals surface area contributed by atoms with E-state index in [0.29, 0.717) is 28.1 Å². The van der Waals surface area contributed by atoms with Gasteiger partial charge in [0.2, 0.25) is 9.84 Å². The molecule has 0 unspecified atom stereocenters. The number of nitrogens with zero attached hydrogens (tertiary/aromatic N) is 1. The maximum absolute atomic E-state index is 13.4. The molecule has 142 valence electrons. The molecule has 0 fully saturated rings. The van der Waals surface area contributed by atoms with Crippen LogP contribution in [0.15, 0.2) is 76.8 Å². The van der Waals surface area contributed by atoms with Crippen molar-refractivity contribution in [3.05, 3.63) is 66.9 Å². The van der Waals surface area contributed by atoms with E-state index in [9.17, 15) is 8.42 Å². The van der Waals surface area contributed by atoms with Crippen LogP contribution in [0.25, 0.3) is 22.2 Å². The van der Waals surface area contributed by atoms with E-state index in [0.717, 1.165) is 5.56 Å². The first kappa shape index (κ1) is 18.1. The first-order valence-electron chi connectivity index (χ1n) is 8.55. The van der Waals surface area contributed by atoms with Crippen molar-refractivity contribution in [2.75, 3.05) is 14.2 Å². The van der Waals surface area contributed by atoms with Crippen molar-refractivity contribution in [3.8, 4) is 22.8 Å². The lowest BCUT2D eigenvalue weighted by Gasteiger charge is -2.07. The van der Waals surface area contributed by atoms with Crippen molar-refractivity contribution in [2.24, 2.45) is 0 Å². The highest BCUT2D eigenvalue weighted by Crippen LogP contribution is 2.38. The van der Waals surface area contributed by atoms with Crippen molar-refractivity contribution >= 4 is 20.7 Å². The molecule has 0 saturated heterocycles. The predicted octanol–water partition coefficient (Wildman–Crippen LogP) is 4.08. The lowest BCUT2D eigenvalue weighted by atomic mass is 10.1. The van der Waals surface area contributed by atoms with Gasteiger partial charge < -0.3 is 14.5 Å². The van der Waals surface area contributed by atoms with Gasteiger partial charge in [-0.15, -0.1) is 0 Å². The molecule has 0 amide bonds. The molecular formula is C21H18N2O4S. The minimum atomic E-state index is -3.85. The van der Waals surface area contributed by atoms with Crippen molar-refractivity contribution in [1.29, 1.82) is 0 Å². The number of rotatable bonds is 5. The highest BCUT2D eigenvalue weighted by Gasteiger charge is 2.28. The Morgan fingerprint density at radius 2 is 1.61 bits per heavy atom. The summed E-state index contributed by atoms with van der Waals surface area (Å²) >= 11 is 0. The summed E-state index contributed by atoms with van der Waals surface area (Å²) in [6, 6.07) is 17.3. The van der Waals surface area contributed by atoms with Crippen LogP contribution in [-0.2, 0) is 9.84 Å². The highest BCUT2D eigenvalue weighted by molar-refractivity contribution is 7.91. The number of H-pyrrole nitrogens is 1. The Morgan fingerprint density at radius 1 is 0.893 bits per heavy atom. The van der Waals surface area contributed by atoms with Crippen LogP contribution in [0, 0.1) is 0 Å². The average Bonchev–Trinajstić information content (AvgIpc) is 3.13. The molecule has 4 rings (SSSR count). The number of nitrogens with one attached hydrogen (secondary N) is 1. The largest absolute Gasteiger partial charge is 0.497 e. The third-order valence-electron chi connectivity index (χ3n) is 4.52. The van der Waals surface area contributed by atoms with E-state index in [1.807, 2.05) is 12.1 Å². The third-order valence-corrected chi connectivity index (χ3v) is 6.27. The molecule has 0 bridgehead atoms. The third kappa shape index (κ3) is 2.99. The van der Waals surface area contributed by atoms with E-state index in [1.54, 1.807) is 56.7 Å². The molecule has 4 aromatic rings. The molecule has 7 heteroatoms. The number of aromatic nitrogens is 2. The monoisotopic (exact) mass is 394 g/mol. The molecule has 0 radical (unpaired) electrons. The van der Waals surface area contributed by atoms with E-state index in [1.165, 1.54) is 12.3 Å². The molecule has 1 N–H and O–H groups in total. The molecule has 0 aliphatic rings. The van der Waals surface area contributed by atoms with Gasteiger partial charge >= 0.3 is 0 Å². The second-order valence-corrected chi connectivity index (χ2v) is 7.97. The van der Waals surface area contributed by atoms with Crippen LogP contribution in [0.3, 0.4) is 0 Å². The van der Waals surface area contributed by atoms with Crippen LogP contribution >= 0.6 is 0 Å². The lowest BCUT2D eigenvalue weighted by Crippen LogP contribution is -2.05. The van der Waals surface area contributed by atoms with E-state index >= 15 is 0 Å². The Morgan fingerprint density at radius 3 is 2.25 bits per heavy atom. The van der Waals surface area contributed by atoms with E-state index in [2.05, 4.69) is 9.97 Å². The van der Waals surface area contributed by atoms with Crippen LogP contribution < -0.4 is 9.47 Å². The summed E-state index contributed by atoms with van der Waals surface area (Å²) in [5.41, 5.74) is 1.89. The summed E-state index contributed by atoms with van der Waals surface area (Å²) in [5, 5.41) is 0.582. The van der Waals surface area contributed by atoms with E-state index in [4.69, 9.17) is 9.47 Å². The first-order chi connectivity index (χ1) is 13.5. The summed E-state index contributed by atoms with van der Waals surface area (Å²) in [6.45, 7) is 0. The lowest BCUT2D eigenvalue weighted by molar-refractivity contribution is 0.415. The zero-order valence-electron chi connectivity index (χ0n) is 15.3. The Bertz CT molecular complexity index is 1230. The molecule has 0 atom stereocenters. The van der Waals surface area contributed by atoms with Gasteiger partial charge in [0.15, 0.2) is 5.03 Å². The minimum Gasteiger partial charge on any atom is -0.497 e. The summed E-state index contributed by atoms with van der Waals surface area (Å²) in [7, 11) is -0.697. The van der Waals surface area contributed by atoms with Gasteiger partial charge in [0.05, 0.1) is 25.4 Å². The van der Waals surface area contributed by atoms with Gasteiger partial charge in [-0.2, -0.15) is 0 Å². The quantitative estimate of drug-likeness (QED) is 0.552. The van der Waals surface area contributed by atoms with Crippen LogP contribution in [0.5, 0.6) is 11.5 Å². The molecule has 2 aromatic carbocycles. The number of pyridine rings is 1. The Kier molecular flexibility index (Phi) is 4.52. The molecule has 2 aromatic heterocycles. The predicted molar refractivity (Wildman–Crippen MR) is 107 cm³/mol. The fraction of sp³-hybridized carbons (Fsp3) is 0.0952. The SMILES string of the molecule is COc1ccc(-c2[nH]c3cc(OC)ccc3c2S(=O)(=O)c2ccccn2)cc1. The van der Waals surface area contributed by atoms with Gasteiger partial charge in [0.25, 0.3) is 0 Å². The number of fused-ring (bicyclic) bond motifs is 1. The molecule has 2 heterocycles. The van der Waals surface area contributed by atoms with Crippen molar-refractivity contribution in [1.82, 2.24) is 9.97 Å². The van der Waals surface area contributed by atoms with Gasteiger partial charge in [-0.05, 0) is 54.1 Å². The molecule has 28 heavy (non-hydrogen) atoms. The maximum atomic E-state index is 13.4. The second-order valence-electron chi connectivity index (χ2n) is 6.14. The van der Waals surface area contributed by atoms with Crippen molar-refractivity contribution < 1.29 is 17.9 Å². The highest BCUT2D eigenvalue weighted by atomic mass is 32.2. The zero-order valence-corrected chi connectivity index (χ0v) is 16.2. The maximum Gasteiger partial charge on any atom is 0.226 e. The molecule has 0 spiro atoms. The minimum absolute atomic E-state index is 0.00137. The van der Waals surface area contributed by atoms with Crippen LogP contribution in [0.4, 0.5) is 0 Å². The second kappa shape index (κ2) is 7.01. The van der Waals surface area contributed by atoms with Gasteiger partial charge in [0, 0.05) is 17.6 Å². The molecule has 0 aliphatic heterocycles. The Labute approximate surface area is 162 Å². The molecule has 0 saturated carbocycles. The summed E-state index contributed by atoms with van der Waals surface area (Å²) in [4.78, 5) is 7.49. The average molecular weight is 394 g/mol. The summed E-state index contributed by atoms with van der Waals surface area (Å²) < 4.78 is 37.4. The summed E-state index contributed by atoms with van der Waals surface area (Å²) in [5.74, 6) is 1.33. The Balaban J connectivity index is 2.02. The summed E-state index contributed by atoms with van der Waals surface area (Å²) in [6.07, 6.45) is 1.47. The zero-order chi connectivity index (χ0) is 19.7. The fourth-order valence-corrected chi connectivity index (χ4v) is 4.70. The topological polar surface area (TPSA) is 81.3 Å². The molecular weight excluding hydrogens is 376 g/mol. The van der Waals surface area contributed by atoms with Gasteiger partial charge in [0.1, 0.15) is 16.4 Å². The fourth-order valence-electron chi connectivity index (χ4n) is 3.13. The number of aromatic amines is 1. The molecule has 6 nitrogen and oxygen atoms in total. The molecule has 0 aliphatic carbocycles. The number of benzene rings is 2. The van der Waals surface area contributed by atoms with Crippen LogP contribution in [0.2, 0.25) is 0 Å². The van der Waals surface area contributed by atoms with Gasteiger partial charge in [-0.3, -0.25) is 0 Å². The number of ether oxygens (including phenoxy) is 2. The number of methoxy groups -OCH3 is 2. The van der Waals surface area contributed by atoms with Crippen LogP contribution in [0.1, 0.15) is 0 Å². The number of sulfone groups is 1. The van der Waals surface area contributed by atoms with Gasteiger partial charge in [-0.1, -0.05) is 6.07 Å². The number of hydrogen-bond donors (Lipinski definition) is 1. The normalized spacial score (nSPS) is 11.5. The Hall–Kier alpha value is -3.32.